The molecule has 2 rings (SSSR count). The van der Waals surface area contributed by atoms with E-state index >= 15 is 0 Å². The van der Waals surface area contributed by atoms with Gasteiger partial charge in [-0.25, -0.2) is 0 Å². The standard InChI is InChI=1S/C11H12N4OS/c1-6-5-8(10(12)13)3-4-9(6)17-11-15-14-7(2)16-11/h3-5H,1-2H3,(H3,12,13). The maximum absolute atomic E-state index is 7.36. The lowest BCUT2D eigenvalue weighted by Crippen LogP contribution is -2.10. The number of hydrogen-bond donors (Lipinski definition) is 2. The maximum Gasteiger partial charge on any atom is 0.281 e. The van der Waals surface area contributed by atoms with Crippen LogP contribution in [0.5, 0.6) is 0 Å². The van der Waals surface area contributed by atoms with Crippen molar-refractivity contribution in [2.24, 2.45) is 5.73 Å². The largest absolute Gasteiger partial charge is 0.416 e. The van der Waals surface area contributed by atoms with Crippen LogP contribution < -0.4 is 5.73 Å². The van der Waals surface area contributed by atoms with E-state index < -0.39 is 0 Å². The van der Waals surface area contributed by atoms with Crippen molar-refractivity contribution in [3.63, 3.8) is 0 Å². The predicted molar refractivity (Wildman–Crippen MR) is 65.4 cm³/mol. The van der Waals surface area contributed by atoms with Gasteiger partial charge in [-0.05, 0) is 36.4 Å². The van der Waals surface area contributed by atoms with Gasteiger partial charge in [0.1, 0.15) is 5.84 Å². The Labute approximate surface area is 103 Å². The molecule has 88 valence electrons. The number of rotatable bonds is 3. The summed E-state index contributed by atoms with van der Waals surface area (Å²) in [5, 5.41) is 15.6. The molecule has 0 aliphatic rings. The third-order valence-corrected chi connectivity index (χ3v) is 3.21. The Hall–Kier alpha value is -1.82. The molecule has 0 unspecified atom stereocenters. The lowest BCUT2D eigenvalue weighted by atomic mass is 10.1. The first kappa shape index (κ1) is 11.7. The van der Waals surface area contributed by atoms with Crippen LogP contribution in [0, 0.1) is 19.3 Å². The highest BCUT2D eigenvalue weighted by Crippen LogP contribution is 2.29. The van der Waals surface area contributed by atoms with Gasteiger partial charge in [0.05, 0.1) is 0 Å². The normalized spacial score (nSPS) is 10.5. The summed E-state index contributed by atoms with van der Waals surface area (Å²) >= 11 is 1.40. The van der Waals surface area contributed by atoms with Crippen molar-refractivity contribution in [1.29, 1.82) is 5.41 Å². The van der Waals surface area contributed by atoms with Gasteiger partial charge in [0.15, 0.2) is 0 Å². The van der Waals surface area contributed by atoms with E-state index in [2.05, 4.69) is 10.2 Å². The second kappa shape index (κ2) is 4.58. The topological polar surface area (TPSA) is 88.8 Å². The number of aromatic nitrogens is 2. The first-order valence-corrected chi connectivity index (χ1v) is 5.81. The highest BCUT2D eigenvalue weighted by atomic mass is 32.2. The summed E-state index contributed by atoms with van der Waals surface area (Å²) in [5.74, 6) is 0.615. The molecule has 0 amide bonds. The fourth-order valence-corrected chi connectivity index (χ4v) is 2.13. The molecular weight excluding hydrogens is 236 g/mol. The lowest BCUT2D eigenvalue weighted by Gasteiger charge is -2.04. The van der Waals surface area contributed by atoms with Crippen LogP contribution in [-0.2, 0) is 0 Å². The molecule has 0 fully saturated rings. The van der Waals surface area contributed by atoms with Crippen molar-refractivity contribution in [1.82, 2.24) is 10.2 Å². The van der Waals surface area contributed by atoms with Crippen molar-refractivity contribution in [2.75, 3.05) is 0 Å². The Morgan fingerprint density at radius 3 is 2.65 bits per heavy atom. The quantitative estimate of drug-likeness (QED) is 0.641. The number of nitrogen functional groups attached to an aromatic ring is 1. The van der Waals surface area contributed by atoms with Crippen molar-refractivity contribution >= 4 is 17.6 Å². The van der Waals surface area contributed by atoms with Crippen LogP contribution in [0.25, 0.3) is 0 Å². The van der Waals surface area contributed by atoms with Crippen molar-refractivity contribution < 1.29 is 4.42 Å². The van der Waals surface area contributed by atoms with Crippen molar-refractivity contribution in [2.45, 2.75) is 24.0 Å². The molecule has 6 heteroatoms. The zero-order valence-corrected chi connectivity index (χ0v) is 10.3. The van der Waals surface area contributed by atoms with Crippen LogP contribution in [0.3, 0.4) is 0 Å². The summed E-state index contributed by atoms with van der Waals surface area (Å²) < 4.78 is 5.29. The summed E-state index contributed by atoms with van der Waals surface area (Å²) in [6.07, 6.45) is 0. The Morgan fingerprint density at radius 1 is 1.35 bits per heavy atom. The number of nitrogens with zero attached hydrogens (tertiary/aromatic N) is 2. The van der Waals surface area contributed by atoms with Crippen LogP contribution in [0.4, 0.5) is 0 Å². The molecule has 0 spiro atoms. The SMILES string of the molecule is Cc1nnc(Sc2ccc(C(=N)N)cc2C)o1. The summed E-state index contributed by atoms with van der Waals surface area (Å²) in [6.45, 7) is 3.71. The number of aryl methyl sites for hydroxylation is 2. The van der Waals surface area contributed by atoms with Gasteiger partial charge in [-0.15, -0.1) is 10.2 Å². The van der Waals surface area contributed by atoms with Gasteiger partial charge in [0.2, 0.25) is 5.89 Å². The fourth-order valence-electron chi connectivity index (χ4n) is 1.35. The van der Waals surface area contributed by atoms with Crippen LogP contribution in [0.1, 0.15) is 17.0 Å². The maximum atomic E-state index is 7.36. The minimum atomic E-state index is 0.0679. The van der Waals surface area contributed by atoms with Gasteiger partial charge >= 0.3 is 0 Å². The molecule has 0 radical (unpaired) electrons. The molecular formula is C11H12N4OS. The highest BCUT2D eigenvalue weighted by molar-refractivity contribution is 7.99. The van der Waals surface area contributed by atoms with E-state index in [9.17, 15) is 0 Å². The molecule has 0 aliphatic heterocycles. The lowest BCUT2D eigenvalue weighted by molar-refractivity contribution is 0.429. The molecule has 1 aromatic carbocycles. The van der Waals surface area contributed by atoms with E-state index in [-0.39, 0.29) is 5.84 Å². The molecule has 1 heterocycles. The number of nitrogens with one attached hydrogen (secondary N) is 1. The van der Waals surface area contributed by atoms with Gasteiger partial charge in [-0.3, -0.25) is 5.41 Å². The first-order valence-electron chi connectivity index (χ1n) is 4.99. The molecule has 17 heavy (non-hydrogen) atoms. The van der Waals surface area contributed by atoms with E-state index in [0.29, 0.717) is 16.7 Å². The van der Waals surface area contributed by atoms with Crippen LogP contribution in [0.15, 0.2) is 32.7 Å². The summed E-state index contributed by atoms with van der Waals surface area (Å²) in [6, 6.07) is 5.57. The van der Waals surface area contributed by atoms with E-state index in [1.807, 2.05) is 19.1 Å². The molecule has 0 aliphatic carbocycles. The summed E-state index contributed by atoms with van der Waals surface area (Å²) in [5.41, 5.74) is 7.17. The van der Waals surface area contributed by atoms with Crippen LogP contribution in [-0.4, -0.2) is 16.0 Å². The second-order valence-electron chi connectivity index (χ2n) is 3.58. The van der Waals surface area contributed by atoms with Crippen molar-refractivity contribution in [3.05, 3.63) is 35.2 Å². The zero-order chi connectivity index (χ0) is 12.4. The van der Waals surface area contributed by atoms with Crippen LogP contribution >= 0.6 is 11.8 Å². The molecule has 1 aromatic heterocycles. The third-order valence-electron chi connectivity index (χ3n) is 2.19. The molecule has 0 bridgehead atoms. The number of hydrogen-bond acceptors (Lipinski definition) is 5. The average Bonchev–Trinajstić information content (AvgIpc) is 2.67. The third kappa shape index (κ3) is 2.65. The Bertz CT molecular complexity index is 564. The molecule has 0 saturated carbocycles. The molecule has 5 nitrogen and oxygen atoms in total. The monoisotopic (exact) mass is 248 g/mol. The first-order chi connectivity index (χ1) is 8.06. The average molecular weight is 248 g/mol. The predicted octanol–water partition coefficient (Wildman–Crippen LogP) is 2.12. The van der Waals surface area contributed by atoms with E-state index in [1.54, 1.807) is 13.0 Å². The van der Waals surface area contributed by atoms with E-state index in [4.69, 9.17) is 15.6 Å². The summed E-state index contributed by atoms with van der Waals surface area (Å²) in [4.78, 5) is 1.01. The molecule has 2 aromatic rings. The van der Waals surface area contributed by atoms with E-state index in [0.717, 1.165) is 10.5 Å². The van der Waals surface area contributed by atoms with Gasteiger partial charge in [-0.1, -0.05) is 6.07 Å². The van der Waals surface area contributed by atoms with Crippen LogP contribution in [0.2, 0.25) is 0 Å². The second-order valence-corrected chi connectivity index (χ2v) is 4.58. The number of amidine groups is 1. The Morgan fingerprint density at radius 2 is 2.12 bits per heavy atom. The Kier molecular flexibility index (Phi) is 3.14. The Balaban J connectivity index is 2.25. The van der Waals surface area contributed by atoms with E-state index in [1.165, 1.54) is 11.8 Å². The number of nitrogens with two attached hydrogens (primary N) is 1. The highest BCUT2D eigenvalue weighted by Gasteiger charge is 2.08. The van der Waals surface area contributed by atoms with Gasteiger partial charge in [0.25, 0.3) is 5.22 Å². The minimum Gasteiger partial charge on any atom is -0.416 e. The number of benzene rings is 1. The molecule has 0 atom stereocenters. The summed E-state index contributed by atoms with van der Waals surface area (Å²) in [7, 11) is 0. The zero-order valence-electron chi connectivity index (χ0n) is 9.52. The molecule has 0 saturated heterocycles. The van der Waals surface area contributed by atoms with Gasteiger partial charge in [0, 0.05) is 17.4 Å². The van der Waals surface area contributed by atoms with Gasteiger partial charge < -0.3 is 10.2 Å². The smallest absolute Gasteiger partial charge is 0.281 e. The molecule has 3 N–H and O–H groups in total. The minimum absolute atomic E-state index is 0.0679. The van der Waals surface area contributed by atoms with Crippen molar-refractivity contribution in [3.8, 4) is 0 Å². The van der Waals surface area contributed by atoms with Gasteiger partial charge in [-0.2, -0.15) is 0 Å². The fraction of sp³-hybridized carbons (Fsp3) is 0.182.